The molecule has 1 saturated carbocycles. The normalized spacial score (nSPS) is 19.8. The lowest BCUT2D eigenvalue weighted by molar-refractivity contribution is 0.199. The van der Waals surface area contributed by atoms with Crippen LogP contribution in [0.3, 0.4) is 0 Å². The number of nitrogens with zero attached hydrogens (tertiary/aromatic N) is 1. The summed E-state index contributed by atoms with van der Waals surface area (Å²) in [5.41, 5.74) is 2.22. The monoisotopic (exact) mass is 229 g/mol. The lowest BCUT2D eigenvalue weighted by atomic mass is 9.76. The van der Waals surface area contributed by atoms with E-state index in [1.807, 2.05) is 12.1 Å². The van der Waals surface area contributed by atoms with Crippen molar-refractivity contribution < 1.29 is 5.11 Å². The van der Waals surface area contributed by atoms with Crippen molar-refractivity contribution in [3.05, 3.63) is 35.4 Å². The molecule has 1 aliphatic carbocycles. The summed E-state index contributed by atoms with van der Waals surface area (Å²) in [6.45, 7) is 1.78. The molecule has 2 heteroatoms. The van der Waals surface area contributed by atoms with Gasteiger partial charge in [-0.1, -0.05) is 37.1 Å². The van der Waals surface area contributed by atoms with Crippen molar-refractivity contribution in [2.45, 2.75) is 50.5 Å². The molecule has 0 radical (unpaired) electrons. The van der Waals surface area contributed by atoms with Gasteiger partial charge in [-0.2, -0.15) is 5.26 Å². The van der Waals surface area contributed by atoms with Crippen LogP contribution in [0.5, 0.6) is 0 Å². The van der Waals surface area contributed by atoms with E-state index in [1.165, 1.54) is 18.4 Å². The number of rotatable bonds is 3. The van der Waals surface area contributed by atoms with Gasteiger partial charge in [0.05, 0.1) is 12.2 Å². The fourth-order valence-corrected chi connectivity index (χ4v) is 2.90. The summed E-state index contributed by atoms with van der Waals surface area (Å²) in [6.07, 6.45) is 4.78. The van der Waals surface area contributed by atoms with E-state index in [4.69, 9.17) is 5.26 Å². The molecule has 1 fully saturated rings. The molecule has 1 unspecified atom stereocenters. The maximum Gasteiger partial charge on any atom is 0.0762 e. The van der Waals surface area contributed by atoms with Crippen molar-refractivity contribution in [1.82, 2.24) is 0 Å². The highest BCUT2D eigenvalue weighted by Gasteiger charge is 2.35. The quantitative estimate of drug-likeness (QED) is 0.862. The Morgan fingerprint density at radius 3 is 2.71 bits per heavy atom. The molecule has 0 bridgehead atoms. The molecule has 2 nitrogen and oxygen atoms in total. The second-order valence-electron chi connectivity index (χ2n) is 5.12. The zero-order chi connectivity index (χ0) is 12.3. The number of aliphatic hydroxyl groups excluding tert-OH is 1. The van der Waals surface area contributed by atoms with Crippen LogP contribution in [0.15, 0.2) is 24.3 Å². The van der Waals surface area contributed by atoms with Gasteiger partial charge >= 0.3 is 0 Å². The van der Waals surface area contributed by atoms with Crippen LogP contribution >= 0.6 is 0 Å². The van der Waals surface area contributed by atoms with Gasteiger partial charge in [0.2, 0.25) is 0 Å². The lowest BCUT2D eigenvalue weighted by Gasteiger charge is -2.27. The number of benzene rings is 1. The molecule has 1 aromatic carbocycles. The molecular formula is C15H19NO. The van der Waals surface area contributed by atoms with Crippen LogP contribution in [-0.4, -0.2) is 5.11 Å². The van der Waals surface area contributed by atoms with Crippen molar-refractivity contribution in [2.24, 2.45) is 0 Å². The third-order valence-corrected chi connectivity index (χ3v) is 3.96. The van der Waals surface area contributed by atoms with Gasteiger partial charge in [-0.25, -0.2) is 0 Å². The highest BCUT2D eigenvalue weighted by atomic mass is 16.3. The van der Waals surface area contributed by atoms with E-state index >= 15 is 0 Å². The topological polar surface area (TPSA) is 44.0 Å². The van der Waals surface area contributed by atoms with Crippen LogP contribution in [0, 0.1) is 11.3 Å². The summed E-state index contributed by atoms with van der Waals surface area (Å²) in [5, 5.41) is 18.7. The van der Waals surface area contributed by atoms with Gasteiger partial charge in [-0.3, -0.25) is 0 Å². The first kappa shape index (κ1) is 12.1. The lowest BCUT2D eigenvalue weighted by Crippen LogP contribution is -2.21. The highest BCUT2D eigenvalue weighted by molar-refractivity contribution is 5.33. The Balaban J connectivity index is 2.37. The summed E-state index contributed by atoms with van der Waals surface area (Å²) in [4.78, 5) is 0. The van der Waals surface area contributed by atoms with Crippen LogP contribution < -0.4 is 0 Å². The molecule has 90 valence electrons. The van der Waals surface area contributed by atoms with Crippen LogP contribution in [0.4, 0.5) is 0 Å². The molecule has 17 heavy (non-hydrogen) atoms. The van der Waals surface area contributed by atoms with E-state index in [0.29, 0.717) is 6.42 Å². The van der Waals surface area contributed by atoms with E-state index in [-0.39, 0.29) is 5.41 Å². The molecular weight excluding hydrogens is 210 g/mol. The van der Waals surface area contributed by atoms with Gasteiger partial charge in [0.15, 0.2) is 0 Å². The van der Waals surface area contributed by atoms with Crippen LogP contribution in [-0.2, 0) is 5.41 Å². The first-order valence-corrected chi connectivity index (χ1v) is 6.33. The second kappa shape index (κ2) is 4.89. The zero-order valence-corrected chi connectivity index (χ0v) is 10.3. The average Bonchev–Trinajstić information content (AvgIpc) is 2.80. The van der Waals surface area contributed by atoms with Crippen LogP contribution in [0.25, 0.3) is 0 Å². The minimum Gasteiger partial charge on any atom is -0.389 e. The van der Waals surface area contributed by atoms with Crippen LogP contribution in [0.2, 0.25) is 0 Å². The van der Waals surface area contributed by atoms with Gasteiger partial charge in [0.1, 0.15) is 0 Å². The molecule has 1 atom stereocenters. The van der Waals surface area contributed by atoms with Crippen molar-refractivity contribution in [2.75, 3.05) is 0 Å². The first-order chi connectivity index (χ1) is 8.18. The van der Waals surface area contributed by atoms with Gasteiger partial charge < -0.3 is 5.11 Å². The Bertz CT molecular complexity index is 425. The Hall–Kier alpha value is -1.33. The summed E-state index contributed by atoms with van der Waals surface area (Å²) < 4.78 is 0. The largest absolute Gasteiger partial charge is 0.389 e. The third-order valence-electron chi connectivity index (χ3n) is 3.96. The molecule has 0 amide bonds. The molecule has 0 saturated heterocycles. The Kier molecular flexibility index (Phi) is 3.49. The van der Waals surface area contributed by atoms with E-state index in [0.717, 1.165) is 18.4 Å². The Labute approximate surface area is 103 Å². The molecule has 1 aromatic rings. The zero-order valence-electron chi connectivity index (χ0n) is 10.3. The predicted molar refractivity (Wildman–Crippen MR) is 67.5 cm³/mol. The molecule has 2 rings (SSSR count). The van der Waals surface area contributed by atoms with Crippen LogP contribution in [0.1, 0.15) is 56.3 Å². The second-order valence-corrected chi connectivity index (χ2v) is 5.12. The first-order valence-electron chi connectivity index (χ1n) is 6.33. The minimum absolute atomic E-state index is 0.0413. The number of hydrogen-bond donors (Lipinski definition) is 1. The van der Waals surface area contributed by atoms with E-state index in [9.17, 15) is 5.11 Å². The van der Waals surface area contributed by atoms with Crippen molar-refractivity contribution in [3.63, 3.8) is 0 Å². The van der Waals surface area contributed by atoms with E-state index in [2.05, 4.69) is 18.2 Å². The van der Waals surface area contributed by atoms with Gasteiger partial charge in [-0.05, 0) is 30.9 Å². The predicted octanol–water partition coefficient (Wildman–Crippen LogP) is 3.47. The summed E-state index contributed by atoms with van der Waals surface area (Å²) in [7, 11) is 0. The maximum atomic E-state index is 9.64. The highest BCUT2D eigenvalue weighted by Crippen LogP contribution is 2.44. The smallest absolute Gasteiger partial charge is 0.0762 e. The number of nitriles is 1. The molecule has 0 aromatic heterocycles. The summed E-state index contributed by atoms with van der Waals surface area (Å²) >= 11 is 0. The van der Waals surface area contributed by atoms with Crippen molar-refractivity contribution in [1.29, 1.82) is 5.26 Å². The van der Waals surface area contributed by atoms with E-state index < -0.39 is 6.10 Å². The fraction of sp³-hybridized carbons (Fsp3) is 0.533. The maximum absolute atomic E-state index is 9.64. The average molecular weight is 229 g/mol. The molecule has 1 aliphatic rings. The standard InChI is InChI=1S/C15H19NO/c1-12(17)13-5-4-6-14(11-13)15(9-10-16)7-2-3-8-15/h4-6,11-12,17H,2-3,7-9H2,1H3. The molecule has 1 N–H and O–H groups in total. The number of hydrogen-bond acceptors (Lipinski definition) is 2. The Morgan fingerprint density at radius 2 is 2.12 bits per heavy atom. The van der Waals surface area contributed by atoms with E-state index in [1.54, 1.807) is 6.92 Å². The summed E-state index contributed by atoms with van der Waals surface area (Å²) in [5.74, 6) is 0. The molecule has 0 heterocycles. The summed E-state index contributed by atoms with van der Waals surface area (Å²) in [6, 6.07) is 10.5. The Morgan fingerprint density at radius 1 is 1.41 bits per heavy atom. The van der Waals surface area contributed by atoms with Gasteiger partial charge in [-0.15, -0.1) is 0 Å². The molecule has 0 aliphatic heterocycles. The molecule has 0 spiro atoms. The van der Waals surface area contributed by atoms with Gasteiger partial charge in [0.25, 0.3) is 0 Å². The number of aliphatic hydroxyl groups is 1. The van der Waals surface area contributed by atoms with Crippen molar-refractivity contribution >= 4 is 0 Å². The van der Waals surface area contributed by atoms with Gasteiger partial charge in [0, 0.05) is 11.8 Å². The van der Waals surface area contributed by atoms with Crippen molar-refractivity contribution in [3.8, 4) is 6.07 Å². The third kappa shape index (κ3) is 2.35. The fourth-order valence-electron chi connectivity index (χ4n) is 2.90. The minimum atomic E-state index is -0.435. The SMILES string of the molecule is CC(O)c1cccc(C2(CC#N)CCCC2)c1.